The van der Waals surface area contributed by atoms with Crippen molar-refractivity contribution in [3.05, 3.63) is 45.3 Å². The molecule has 0 radical (unpaired) electrons. The minimum absolute atomic E-state index is 0.100. The molecule has 144 valence electrons. The van der Waals surface area contributed by atoms with Crippen molar-refractivity contribution in [3.8, 4) is 0 Å². The minimum atomic E-state index is -0.356. The number of fused-ring (bicyclic) bond motifs is 1. The van der Waals surface area contributed by atoms with E-state index >= 15 is 0 Å². The van der Waals surface area contributed by atoms with Crippen LogP contribution in [0.15, 0.2) is 24.3 Å². The van der Waals surface area contributed by atoms with Gasteiger partial charge >= 0.3 is 5.97 Å². The van der Waals surface area contributed by atoms with Gasteiger partial charge in [-0.05, 0) is 61.9 Å². The van der Waals surface area contributed by atoms with Crippen molar-refractivity contribution in [2.45, 2.75) is 33.1 Å². The van der Waals surface area contributed by atoms with Crippen LogP contribution in [0.1, 0.15) is 41.1 Å². The summed E-state index contributed by atoms with van der Waals surface area (Å²) in [6.45, 7) is 4.41. The molecule has 2 N–H and O–H groups in total. The lowest BCUT2D eigenvalue weighted by Gasteiger charge is -2.18. The number of halogens is 1. The number of esters is 1. The molecule has 27 heavy (non-hydrogen) atoms. The highest BCUT2D eigenvalue weighted by Gasteiger charge is 2.29. The van der Waals surface area contributed by atoms with Gasteiger partial charge in [0.05, 0.1) is 18.7 Å². The first kappa shape index (κ1) is 19.7. The number of anilines is 2. The number of amides is 1. The quantitative estimate of drug-likeness (QED) is 0.679. The van der Waals surface area contributed by atoms with E-state index in [1.165, 1.54) is 16.2 Å². The Bertz CT molecular complexity index is 832. The number of rotatable bonds is 6. The zero-order chi connectivity index (χ0) is 19.4. The summed E-state index contributed by atoms with van der Waals surface area (Å²) in [5, 5.41) is 7.18. The maximum Gasteiger partial charge on any atom is 0.341 e. The summed E-state index contributed by atoms with van der Waals surface area (Å²) in [6, 6.07) is 7.14. The molecular weight excluding hydrogens is 384 g/mol. The smallest absolute Gasteiger partial charge is 0.341 e. The summed E-state index contributed by atoms with van der Waals surface area (Å²) in [6.07, 6.45) is 2.83. The topological polar surface area (TPSA) is 67.4 Å². The Morgan fingerprint density at radius 2 is 2.04 bits per heavy atom. The first-order chi connectivity index (χ1) is 13.0. The molecular formula is C20H23ClN2O3S. The number of ether oxygens (including phenoxy) is 1. The normalized spacial score (nSPS) is 15.7. The average molecular weight is 407 g/mol. The van der Waals surface area contributed by atoms with E-state index in [0.717, 1.165) is 30.5 Å². The summed E-state index contributed by atoms with van der Waals surface area (Å²) >= 11 is 7.36. The number of hydrogen-bond acceptors (Lipinski definition) is 5. The van der Waals surface area contributed by atoms with E-state index in [4.69, 9.17) is 16.3 Å². The van der Waals surface area contributed by atoms with Crippen LogP contribution in [0, 0.1) is 5.92 Å². The van der Waals surface area contributed by atoms with Crippen LogP contribution in [0.3, 0.4) is 0 Å². The summed E-state index contributed by atoms with van der Waals surface area (Å²) in [5.74, 6) is 0.0222. The second kappa shape index (κ2) is 8.76. The zero-order valence-electron chi connectivity index (χ0n) is 15.4. The highest BCUT2D eigenvalue weighted by Crippen LogP contribution is 2.40. The zero-order valence-corrected chi connectivity index (χ0v) is 17.0. The summed E-state index contributed by atoms with van der Waals surface area (Å²) < 4.78 is 5.23. The molecule has 1 atom stereocenters. The van der Waals surface area contributed by atoms with Gasteiger partial charge in [0.1, 0.15) is 5.00 Å². The van der Waals surface area contributed by atoms with Crippen molar-refractivity contribution in [1.29, 1.82) is 0 Å². The molecule has 0 fully saturated rings. The summed E-state index contributed by atoms with van der Waals surface area (Å²) in [7, 11) is 0. The fourth-order valence-corrected chi connectivity index (χ4v) is 4.72. The van der Waals surface area contributed by atoms with Crippen LogP contribution in [0.4, 0.5) is 10.7 Å². The third-order valence-electron chi connectivity index (χ3n) is 4.54. The van der Waals surface area contributed by atoms with Gasteiger partial charge in [0.25, 0.3) is 0 Å². The number of hydrogen-bond donors (Lipinski definition) is 2. The molecule has 1 unspecified atom stereocenters. The lowest BCUT2D eigenvalue weighted by Crippen LogP contribution is -2.22. The van der Waals surface area contributed by atoms with Crippen LogP contribution in [0.2, 0.25) is 5.02 Å². The van der Waals surface area contributed by atoms with Gasteiger partial charge in [-0.3, -0.25) is 4.79 Å². The van der Waals surface area contributed by atoms with E-state index in [1.807, 2.05) is 12.1 Å². The largest absolute Gasteiger partial charge is 0.462 e. The van der Waals surface area contributed by atoms with E-state index < -0.39 is 0 Å². The van der Waals surface area contributed by atoms with Gasteiger partial charge in [-0.1, -0.05) is 18.5 Å². The van der Waals surface area contributed by atoms with E-state index in [1.54, 1.807) is 19.1 Å². The first-order valence-electron chi connectivity index (χ1n) is 9.08. The Hall–Kier alpha value is -2.05. The van der Waals surface area contributed by atoms with Crippen molar-refractivity contribution in [1.82, 2.24) is 0 Å². The SMILES string of the molecule is CCOC(=O)c1c(NC(=O)CNc2ccc(Cl)cc2)sc2c1CCC(C)C2. The Balaban J connectivity index is 1.73. The van der Waals surface area contributed by atoms with Crippen LogP contribution in [-0.4, -0.2) is 25.0 Å². The third kappa shape index (κ3) is 4.82. The van der Waals surface area contributed by atoms with Gasteiger partial charge in [0, 0.05) is 15.6 Å². The lowest BCUT2D eigenvalue weighted by molar-refractivity contribution is -0.114. The molecule has 1 heterocycles. The van der Waals surface area contributed by atoms with Crippen LogP contribution in [0.25, 0.3) is 0 Å². The number of carbonyl (C=O) groups excluding carboxylic acids is 2. The lowest BCUT2D eigenvalue weighted by atomic mass is 9.88. The third-order valence-corrected chi connectivity index (χ3v) is 5.96. The number of benzene rings is 1. The molecule has 1 aromatic carbocycles. The Morgan fingerprint density at radius 1 is 1.30 bits per heavy atom. The molecule has 1 aliphatic carbocycles. The molecule has 5 nitrogen and oxygen atoms in total. The van der Waals surface area contributed by atoms with Crippen molar-refractivity contribution < 1.29 is 14.3 Å². The number of carbonyl (C=O) groups is 2. The molecule has 0 saturated carbocycles. The standard InChI is InChI=1S/C20H23ClN2O3S/c1-3-26-20(25)18-15-9-4-12(2)10-16(15)27-19(18)23-17(24)11-22-14-7-5-13(21)6-8-14/h5-8,12,22H,3-4,9-11H2,1-2H3,(H,23,24). The molecule has 0 spiro atoms. The highest BCUT2D eigenvalue weighted by molar-refractivity contribution is 7.17. The maximum atomic E-state index is 12.5. The van der Waals surface area contributed by atoms with Gasteiger partial charge in [-0.15, -0.1) is 11.3 Å². The molecule has 2 aromatic rings. The van der Waals surface area contributed by atoms with Crippen LogP contribution >= 0.6 is 22.9 Å². The van der Waals surface area contributed by atoms with Crippen LogP contribution in [0.5, 0.6) is 0 Å². The molecule has 1 amide bonds. The fourth-order valence-electron chi connectivity index (χ4n) is 3.18. The van der Waals surface area contributed by atoms with Crippen LogP contribution < -0.4 is 10.6 Å². The second-order valence-corrected chi connectivity index (χ2v) is 8.23. The molecule has 0 saturated heterocycles. The van der Waals surface area contributed by atoms with Crippen molar-refractivity contribution in [3.63, 3.8) is 0 Å². The Labute approximate surface area is 168 Å². The predicted octanol–water partition coefficient (Wildman–Crippen LogP) is 4.75. The predicted molar refractivity (Wildman–Crippen MR) is 110 cm³/mol. The highest BCUT2D eigenvalue weighted by atomic mass is 35.5. The summed E-state index contributed by atoms with van der Waals surface area (Å²) in [4.78, 5) is 26.1. The molecule has 3 rings (SSSR count). The molecule has 0 bridgehead atoms. The van der Waals surface area contributed by atoms with Gasteiger partial charge in [-0.25, -0.2) is 4.79 Å². The van der Waals surface area contributed by atoms with E-state index in [0.29, 0.717) is 28.1 Å². The van der Waals surface area contributed by atoms with Gasteiger partial charge in [0.15, 0.2) is 0 Å². The molecule has 0 aliphatic heterocycles. The van der Waals surface area contributed by atoms with Crippen LogP contribution in [-0.2, 0) is 22.4 Å². The van der Waals surface area contributed by atoms with E-state index in [-0.39, 0.29) is 18.4 Å². The number of thiophene rings is 1. The average Bonchev–Trinajstić information content (AvgIpc) is 2.98. The Morgan fingerprint density at radius 3 is 2.74 bits per heavy atom. The number of nitrogens with one attached hydrogen (secondary N) is 2. The Kier molecular flexibility index (Phi) is 6.39. The van der Waals surface area contributed by atoms with E-state index in [9.17, 15) is 9.59 Å². The van der Waals surface area contributed by atoms with Gasteiger partial charge in [-0.2, -0.15) is 0 Å². The second-order valence-electron chi connectivity index (χ2n) is 6.68. The molecule has 1 aliphatic rings. The van der Waals surface area contributed by atoms with E-state index in [2.05, 4.69) is 17.6 Å². The monoisotopic (exact) mass is 406 g/mol. The van der Waals surface area contributed by atoms with Crippen molar-refractivity contribution in [2.24, 2.45) is 5.92 Å². The first-order valence-corrected chi connectivity index (χ1v) is 10.3. The molecule has 7 heteroatoms. The van der Waals surface area contributed by atoms with Gasteiger partial charge < -0.3 is 15.4 Å². The summed E-state index contributed by atoms with van der Waals surface area (Å²) in [5.41, 5.74) is 2.38. The van der Waals surface area contributed by atoms with Crippen molar-refractivity contribution >= 4 is 45.5 Å². The van der Waals surface area contributed by atoms with Crippen molar-refractivity contribution in [2.75, 3.05) is 23.8 Å². The maximum absolute atomic E-state index is 12.5. The van der Waals surface area contributed by atoms with Gasteiger partial charge in [0.2, 0.25) is 5.91 Å². The molecule has 1 aromatic heterocycles. The minimum Gasteiger partial charge on any atom is -0.462 e. The fraction of sp³-hybridized carbons (Fsp3) is 0.400.